The van der Waals surface area contributed by atoms with Crippen LogP contribution in [-0.2, 0) is 11.2 Å². The van der Waals surface area contributed by atoms with Gasteiger partial charge in [0.1, 0.15) is 5.75 Å². The summed E-state index contributed by atoms with van der Waals surface area (Å²) in [7, 11) is 0. The fourth-order valence-corrected chi connectivity index (χ4v) is 1.38. The van der Waals surface area contributed by atoms with Gasteiger partial charge in [-0.05, 0) is 24.1 Å². The van der Waals surface area contributed by atoms with Gasteiger partial charge in [0.05, 0.1) is 5.56 Å². The fourth-order valence-electron chi connectivity index (χ4n) is 1.38. The average molecular weight is 202 g/mol. The van der Waals surface area contributed by atoms with E-state index in [1.807, 2.05) is 12.1 Å². The van der Waals surface area contributed by atoms with Crippen molar-refractivity contribution in [3.63, 3.8) is 0 Å². The normalized spacial score (nSPS) is 9.40. The molecule has 0 aliphatic heterocycles. The molecule has 0 unspecified atom stereocenters. The van der Waals surface area contributed by atoms with Crippen molar-refractivity contribution in [3.05, 3.63) is 29.3 Å². The van der Waals surface area contributed by atoms with E-state index in [1.54, 1.807) is 6.07 Å². The molecule has 0 saturated carbocycles. The average Bonchev–Trinajstić information content (AvgIpc) is 2.20. The summed E-state index contributed by atoms with van der Waals surface area (Å²) in [5, 5.41) is 0. The molecule has 0 atom stereocenters. The van der Waals surface area contributed by atoms with Crippen molar-refractivity contribution >= 4 is 5.97 Å². The molecule has 0 aliphatic rings. The Hall–Kier alpha value is -1.75. The minimum Gasteiger partial charge on any atom is -0.425 e. The Kier molecular flexibility index (Phi) is 3.93. The summed E-state index contributed by atoms with van der Waals surface area (Å²) in [6, 6.07) is 5.58. The Morgan fingerprint density at radius 1 is 1.53 bits per heavy atom. The molecule has 0 spiro atoms. The summed E-state index contributed by atoms with van der Waals surface area (Å²) in [6.07, 6.45) is 7.40. The molecule has 0 heterocycles. The molecule has 0 fully saturated rings. The summed E-state index contributed by atoms with van der Waals surface area (Å²) in [5.74, 6) is 2.63. The summed E-state index contributed by atoms with van der Waals surface area (Å²) < 4.78 is 4.99. The molecule has 2 nitrogen and oxygen atoms in total. The Morgan fingerprint density at radius 3 is 2.80 bits per heavy atom. The Bertz CT molecular complexity index is 399. The number of ether oxygens (including phenoxy) is 1. The molecule has 1 aromatic rings. The van der Waals surface area contributed by atoms with Gasteiger partial charge in [-0.3, -0.25) is 4.79 Å². The van der Waals surface area contributed by atoms with Crippen molar-refractivity contribution in [1.29, 1.82) is 0 Å². The van der Waals surface area contributed by atoms with Crippen LogP contribution in [0.25, 0.3) is 0 Å². The molecule has 0 radical (unpaired) electrons. The monoisotopic (exact) mass is 202 g/mol. The molecule has 15 heavy (non-hydrogen) atoms. The van der Waals surface area contributed by atoms with Crippen molar-refractivity contribution < 1.29 is 9.53 Å². The zero-order valence-electron chi connectivity index (χ0n) is 9.04. The highest BCUT2D eigenvalue weighted by molar-refractivity contribution is 5.70. The molecule has 0 bridgehead atoms. The zero-order valence-corrected chi connectivity index (χ0v) is 9.04. The van der Waals surface area contributed by atoms with Crippen LogP contribution in [0.5, 0.6) is 5.75 Å². The van der Waals surface area contributed by atoms with E-state index in [0.29, 0.717) is 11.3 Å². The highest BCUT2D eigenvalue weighted by Crippen LogP contribution is 2.20. The second kappa shape index (κ2) is 5.21. The summed E-state index contributed by atoms with van der Waals surface area (Å²) in [5.41, 5.74) is 1.80. The van der Waals surface area contributed by atoms with E-state index in [-0.39, 0.29) is 5.97 Å². The van der Waals surface area contributed by atoms with Crippen LogP contribution in [0.1, 0.15) is 31.4 Å². The van der Waals surface area contributed by atoms with Gasteiger partial charge in [-0.2, -0.15) is 0 Å². The van der Waals surface area contributed by atoms with Crippen LogP contribution in [0, 0.1) is 12.3 Å². The van der Waals surface area contributed by atoms with E-state index < -0.39 is 0 Å². The molecule has 1 aromatic carbocycles. The number of benzene rings is 1. The van der Waals surface area contributed by atoms with E-state index >= 15 is 0 Å². The third kappa shape index (κ3) is 3.14. The lowest BCUT2D eigenvalue weighted by atomic mass is 10.1. The first-order chi connectivity index (χ1) is 7.17. The smallest absolute Gasteiger partial charge is 0.308 e. The lowest BCUT2D eigenvalue weighted by Gasteiger charge is -2.06. The van der Waals surface area contributed by atoms with Gasteiger partial charge in [0.15, 0.2) is 0 Å². The number of aryl methyl sites for hydroxylation is 1. The quantitative estimate of drug-likeness (QED) is 0.428. The molecule has 2 heteroatoms. The topological polar surface area (TPSA) is 26.3 Å². The number of hydrogen-bond donors (Lipinski definition) is 0. The zero-order chi connectivity index (χ0) is 11.3. The van der Waals surface area contributed by atoms with Crippen LogP contribution in [0.15, 0.2) is 18.2 Å². The number of terminal acetylenes is 1. The lowest BCUT2D eigenvalue weighted by molar-refractivity contribution is -0.131. The van der Waals surface area contributed by atoms with Crippen LogP contribution in [-0.4, -0.2) is 5.97 Å². The van der Waals surface area contributed by atoms with Crippen molar-refractivity contribution in [1.82, 2.24) is 0 Å². The molecule has 0 aromatic heterocycles. The van der Waals surface area contributed by atoms with Gasteiger partial charge in [-0.1, -0.05) is 25.3 Å². The largest absolute Gasteiger partial charge is 0.425 e. The van der Waals surface area contributed by atoms with Gasteiger partial charge in [0, 0.05) is 6.92 Å². The highest BCUT2D eigenvalue weighted by atomic mass is 16.5. The van der Waals surface area contributed by atoms with Crippen LogP contribution in [0.2, 0.25) is 0 Å². The number of rotatable bonds is 3. The van der Waals surface area contributed by atoms with Crippen LogP contribution >= 0.6 is 0 Å². The highest BCUT2D eigenvalue weighted by Gasteiger charge is 2.05. The first kappa shape index (κ1) is 11.3. The second-order valence-corrected chi connectivity index (χ2v) is 3.32. The van der Waals surface area contributed by atoms with Crippen molar-refractivity contribution in [2.24, 2.45) is 0 Å². The predicted molar refractivity (Wildman–Crippen MR) is 59.7 cm³/mol. The van der Waals surface area contributed by atoms with Gasteiger partial charge < -0.3 is 4.74 Å². The van der Waals surface area contributed by atoms with Crippen LogP contribution in [0.3, 0.4) is 0 Å². The molecule has 0 N–H and O–H groups in total. The minimum atomic E-state index is -0.352. The predicted octanol–water partition coefficient (Wildman–Crippen LogP) is 2.55. The Morgan fingerprint density at radius 2 is 2.27 bits per heavy atom. The molecule has 78 valence electrons. The Balaban J connectivity index is 2.99. The summed E-state index contributed by atoms with van der Waals surface area (Å²) >= 11 is 0. The van der Waals surface area contributed by atoms with E-state index in [0.717, 1.165) is 12.8 Å². The first-order valence-electron chi connectivity index (χ1n) is 4.95. The van der Waals surface area contributed by atoms with E-state index in [2.05, 4.69) is 12.8 Å². The van der Waals surface area contributed by atoms with Crippen molar-refractivity contribution in [2.45, 2.75) is 26.7 Å². The maximum atomic E-state index is 10.8. The lowest BCUT2D eigenvalue weighted by Crippen LogP contribution is -2.03. The van der Waals surface area contributed by atoms with Gasteiger partial charge in [0.2, 0.25) is 0 Å². The van der Waals surface area contributed by atoms with Gasteiger partial charge in [-0.15, -0.1) is 6.42 Å². The molecular formula is C13H14O2. The molecular weight excluding hydrogens is 188 g/mol. The van der Waals surface area contributed by atoms with Gasteiger partial charge in [-0.25, -0.2) is 0 Å². The molecule has 0 saturated heterocycles. The van der Waals surface area contributed by atoms with Crippen molar-refractivity contribution in [2.75, 3.05) is 0 Å². The molecule has 0 aliphatic carbocycles. The third-order valence-electron chi connectivity index (χ3n) is 1.99. The summed E-state index contributed by atoms with van der Waals surface area (Å²) in [4.78, 5) is 10.8. The maximum Gasteiger partial charge on any atom is 0.308 e. The number of carbonyl (C=O) groups is 1. The number of esters is 1. The third-order valence-corrected chi connectivity index (χ3v) is 1.99. The first-order valence-corrected chi connectivity index (χ1v) is 4.95. The van der Waals surface area contributed by atoms with Gasteiger partial charge >= 0.3 is 5.97 Å². The standard InChI is InChI=1S/C13H14O2/c1-4-6-11-7-8-13(15-10(3)14)12(5-2)9-11/h2,7-9H,4,6H2,1,3H3. The molecule has 1 rings (SSSR count). The second-order valence-electron chi connectivity index (χ2n) is 3.32. The molecule has 0 amide bonds. The maximum absolute atomic E-state index is 10.8. The number of carbonyl (C=O) groups excluding carboxylic acids is 1. The van der Waals surface area contributed by atoms with E-state index in [1.165, 1.54) is 12.5 Å². The van der Waals surface area contributed by atoms with E-state index in [4.69, 9.17) is 11.2 Å². The van der Waals surface area contributed by atoms with Gasteiger partial charge in [0.25, 0.3) is 0 Å². The number of hydrogen-bond acceptors (Lipinski definition) is 2. The minimum absolute atomic E-state index is 0.352. The van der Waals surface area contributed by atoms with Crippen molar-refractivity contribution in [3.8, 4) is 18.1 Å². The van der Waals surface area contributed by atoms with E-state index in [9.17, 15) is 4.79 Å². The fraction of sp³-hybridized carbons (Fsp3) is 0.308. The SMILES string of the molecule is C#Cc1cc(CCC)ccc1OC(C)=O. The summed E-state index contributed by atoms with van der Waals surface area (Å²) in [6.45, 7) is 3.47. The van der Waals surface area contributed by atoms with Crippen LogP contribution in [0.4, 0.5) is 0 Å². The van der Waals surface area contributed by atoms with Crippen LogP contribution < -0.4 is 4.74 Å². The Labute approximate surface area is 90.3 Å².